The van der Waals surface area contributed by atoms with Crippen LogP contribution in [0.15, 0.2) is 65.4 Å². The van der Waals surface area contributed by atoms with Gasteiger partial charge in [-0.1, -0.05) is 0 Å². The minimum absolute atomic E-state index is 0.228. The van der Waals surface area contributed by atoms with Gasteiger partial charge < -0.3 is 16.6 Å². The average molecular weight is 606 g/mol. The van der Waals surface area contributed by atoms with E-state index in [9.17, 15) is 53.6 Å². The molecule has 210 valence electrons. The molecule has 0 radical (unpaired) electrons. The van der Waals surface area contributed by atoms with E-state index < -0.39 is 90.3 Å². The van der Waals surface area contributed by atoms with Crippen LogP contribution in [0.2, 0.25) is 0 Å². The van der Waals surface area contributed by atoms with Gasteiger partial charge in [0.1, 0.15) is 21.2 Å². The van der Waals surface area contributed by atoms with Gasteiger partial charge in [-0.15, -0.1) is 10.2 Å². The molecule has 0 saturated carbocycles. The Labute approximate surface area is 220 Å². The zero-order valence-electron chi connectivity index (χ0n) is 19.5. The highest BCUT2D eigenvalue weighted by molar-refractivity contribution is 7.87. The number of hydrogen-bond donors (Lipinski definition) is 6. The monoisotopic (exact) mass is 605 g/mol. The molecule has 2 aromatic rings. The fraction of sp³-hybridized carbons (Fsp3) is 0.211. The molecule has 1 aliphatic heterocycles. The van der Waals surface area contributed by atoms with Gasteiger partial charge in [-0.05, 0) is 55.1 Å². The van der Waals surface area contributed by atoms with Crippen molar-refractivity contribution in [2.24, 2.45) is 32.1 Å². The molecule has 1 atom stereocenters. The number of primary amides is 1. The summed E-state index contributed by atoms with van der Waals surface area (Å²) in [6, 6.07) is 2.29. The third-order valence-electron chi connectivity index (χ3n) is 5.80. The van der Waals surface area contributed by atoms with Crippen molar-refractivity contribution in [2.45, 2.75) is 28.0 Å². The normalized spacial score (nSPS) is 19.1. The van der Waals surface area contributed by atoms with Gasteiger partial charge in [-0.3, -0.25) is 23.2 Å². The summed E-state index contributed by atoms with van der Waals surface area (Å²) in [4.78, 5) is 24.8. The minimum Gasteiger partial charge on any atom is -0.492 e. The molecule has 20 heteroatoms. The summed E-state index contributed by atoms with van der Waals surface area (Å²) in [6.07, 6.45) is -0.344. The van der Waals surface area contributed by atoms with E-state index in [-0.39, 0.29) is 18.5 Å². The number of nitrogens with two attached hydrogens (primary N) is 2. The molecule has 2 aromatic carbocycles. The summed E-state index contributed by atoms with van der Waals surface area (Å²) in [5, 5.41) is 16.4. The molecule has 0 fully saturated rings. The molecule has 0 spiro atoms. The Hall–Kier alpha value is -3.66. The van der Waals surface area contributed by atoms with Crippen LogP contribution in [0.3, 0.4) is 0 Å². The highest BCUT2D eigenvalue weighted by atomic mass is 32.2. The van der Waals surface area contributed by atoms with Crippen LogP contribution in [0.1, 0.15) is 13.3 Å². The first-order valence-corrected chi connectivity index (χ1v) is 14.6. The van der Waals surface area contributed by atoms with E-state index in [4.69, 9.17) is 11.5 Å². The molecular formula is C19H19N5O12S3. The van der Waals surface area contributed by atoms with E-state index in [1.165, 1.54) is 6.92 Å². The van der Waals surface area contributed by atoms with Crippen molar-refractivity contribution in [3.8, 4) is 0 Å². The molecule has 0 aliphatic carbocycles. The molecule has 1 unspecified atom stereocenters. The first-order chi connectivity index (χ1) is 17.7. The third kappa shape index (κ3) is 5.43. The molecule has 0 bridgehead atoms. The second-order valence-electron chi connectivity index (χ2n) is 8.11. The maximum Gasteiger partial charge on any atom is 0.296 e. The van der Waals surface area contributed by atoms with E-state index in [0.29, 0.717) is 24.3 Å². The van der Waals surface area contributed by atoms with E-state index in [1.807, 2.05) is 0 Å². The topological polar surface area (TPSA) is 307 Å². The van der Waals surface area contributed by atoms with Crippen molar-refractivity contribution in [2.75, 3.05) is 6.54 Å². The van der Waals surface area contributed by atoms with Gasteiger partial charge in [0.2, 0.25) is 11.8 Å². The Kier molecular flexibility index (Phi) is 7.53. The van der Waals surface area contributed by atoms with E-state index in [1.54, 1.807) is 0 Å². The molecule has 1 aliphatic rings. The number of dihydropyridines is 1. The minimum atomic E-state index is -5.20. The number of azo groups is 1. The zero-order valence-corrected chi connectivity index (χ0v) is 21.9. The second-order valence-corrected chi connectivity index (χ2v) is 12.3. The number of carbonyl (C=O) groups is 2. The van der Waals surface area contributed by atoms with Gasteiger partial charge in [-0.2, -0.15) is 30.2 Å². The highest BCUT2D eigenvalue weighted by Gasteiger charge is 2.50. The maximum atomic E-state index is 12.5. The van der Waals surface area contributed by atoms with Crippen LogP contribution in [-0.2, 0) is 39.9 Å². The number of carbonyl (C=O) groups excluding carboxylic acids is 2. The molecule has 0 aromatic heterocycles. The summed E-state index contributed by atoms with van der Waals surface area (Å²) in [5.41, 5.74) is 7.09. The quantitative estimate of drug-likeness (QED) is 0.134. The van der Waals surface area contributed by atoms with Gasteiger partial charge in [0.05, 0.1) is 4.90 Å². The van der Waals surface area contributed by atoms with Gasteiger partial charge in [0, 0.05) is 5.39 Å². The predicted molar refractivity (Wildman–Crippen MR) is 131 cm³/mol. The van der Waals surface area contributed by atoms with E-state index >= 15 is 0 Å². The van der Waals surface area contributed by atoms with Gasteiger partial charge in [0.25, 0.3) is 36.3 Å². The number of fused-ring (bicyclic) bond motifs is 1. The molecule has 39 heavy (non-hydrogen) atoms. The lowest BCUT2D eigenvalue weighted by molar-refractivity contribution is -0.137. The average Bonchev–Trinajstić information content (AvgIpc) is 2.78. The summed E-state index contributed by atoms with van der Waals surface area (Å²) in [6.45, 7) is 0.948. The Morgan fingerprint density at radius 1 is 0.949 bits per heavy atom. The summed E-state index contributed by atoms with van der Waals surface area (Å²) in [5.74, 6) is -3.37. The molecule has 0 saturated heterocycles. The summed E-state index contributed by atoms with van der Waals surface area (Å²) >= 11 is 0. The Bertz CT molecular complexity index is 1860. The number of amides is 2. The van der Waals surface area contributed by atoms with Crippen molar-refractivity contribution in [3.63, 3.8) is 0 Å². The Balaban J connectivity index is 2.40. The van der Waals surface area contributed by atoms with Crippen LogP contribution >= 0.6 is 0 Å². The Morgan fingerprint density at radius 2 is 1.54 bits per heavy atom. The van der Waals surface area contributed by atoms with Crippen LogP contribution < -0.4 is 11.5 Å². The number of benzene rings is 2. The van der Waals surface area contributed by atoms with Crippen LogP contribution in [0.25, 0.3) is 10.8 Å². The zero-order chi connectivity index (χ0) is 29.7. The lowest BCUT2D eigenvalue weighted by Gasteiger charge is -2.30. The maximum absolute atomic E-state index is 12.5. The third-order valence-corrected chi connectivity index (χ3v) is 8.41. The SMILES string of the molecule is CC1=C(N=Nc2cc3c(S(=O)(=O)O)cc(S(=O)(=O)O)cc3cc2S(=O)(=O)O)C(O)=NC(=O)C1(CCN)C(N)=O. The lowest BCUT2D eigenvalue weighted by atomic mass is 9.74. The number of aliphatic imine (C=N–C) groups is 1. The molecule has 8 N–H and O–H groups in total. The molecular weight excluding hydrogens is 586 g/mol. The molecule has 3 rings (SSSR count). The number of aliphatic hydroxyl groups is 1. The number of aliphatic hydroxyl groups excluding tert-OH is 1. The first kappa shape index (κ1) is 29.9. The van der Waals surface area contributed by atoms with Crippen molar-refractivity contribution in [1.82, 2.24) is 0 Å². The van der Waals surface area contributed by atoms with Crippen molar-refractivity contribution in [3.05, 3.63) is 35.5 Å². The fourth-order valence-corrected chi connectivity index (χ4v) is 5.88. The summed E-state index contributed by atoms with van der Waals surface area (Å²) in [7, 11) is -15.4. The largest absolute Gasteiger partial charge is 0.492 e. The van der Waals surface area contributed by atoms with Gasteiger partial charge in [-0.25, -0.2) is 0 Å². The van der Waals surface area contributed by atoms with Crippen LogP contribution in [0, 0.1) is 5.41 Å². The van der Waals surface area contributed by atoms with Crippen molar-refractivity contribution >= 4 is 64.5 Å². The van der Waals surface area contributed by atoms with Crippen molar-refractivity contribution in [1.29, 1.82) is 0 Å². The second kappa shape index (κ2) is 9.82. The van der Waals surface area contributed by atoms with Crippen LogP contribution in [0.5, 0.6) is 0 Å². The van der Waals surface area contributed by atoms with Crippen LogP contribution in [0.4, 0.5) is 5.69 Å². The smallest absolute Gasteiger partial charge is 0.296 e. The van der Waals surface area contributed by atoms with E-state index in [2.05, 4.69) is 15.2 Å². The van der Waals surface area contributed by atoms with Crippen LogP contribution in [-0.4, -0.2) is 68.3 Å². The molecule has 17 nitrogen and oxygen atoms in total. The molecule has 2 amide bonds. The summed E-state index contributed by atoms with van der Waals surface area (Å²) < 4.78 is 99.9. The fourth-order valence-electron chi connectivity index (χ4n) is 3.89. The standard InChI is InChI=1S/C19H19N5O12S3/c1-8-15(16(25)22-18(27)19(8,2-3-20)17(21)26)24-23-12-7-11-9(5-14(12)39(34,35)36)4-10(37(28,29)30)6-13(11)38(31,32)33/h4-7H,2-3,20H2,1H3,(H2,21,26)(H,22,25,27)(H,28,29,30)(H,31,32,33)(H,34,35,36). The number of rotatable bonds is 8. The predicted octanol–water partition coefficient (Wildman–Crippen LogP) is 0.255. The van der Waals surface area contributed by atoms with E-state index in [0.717, 1.165) is 0 Å². The van der Waals surface area contributed by atoms with Gasteiger partial charge in [0.15, 0.2) is 5.41 Å². The van der Waals surface area contributed by atoms with Gasteiger partial charge >= 0.3 is 0 Å². The molecule has 1 heterocycles. The number of hydrogen-bond acceptors (Lipinski definition) is 11. The number of nitrogens with zero attached hydrogens (tertiary/aromatic N) is 3. The highest BCUT2D eigenvalue weighted by Crippen LogP contribution is 2.40. The Morgan fingerprint density at radius 3 is 2.03 bits per heavy atom. The lowest BCUT2D eigenvalue weighted by Crippen LogP contribution is -2.48. The first-order valence-electron chi connectivity index (χ1n) is 10.2. The van der Waals surface area contributed by atoms with Crippen molar-refractivity contribution < 1.29 is 53.6 Å².